The molecule has 5 heteroatoms. The number of nitrogens with two attached hydrogens (primary N) is 1. The second kappa shape index (κ2) is 6.36. The Balaban J connectivity index is 2.02. The Morgan fingerprint density at radius 3 is 2.24 bits per heavy atom. The fraction of sp³-hybridized carbons (Fsp3) is 0.625. The lowest BCUT2D eigenvalue weighted by Gasteiger charge is -2.27. The fourth-order valence-electron chi connectivity index (χ4n) is 3.07. The molecule has 1 aromatic carbocycles. The van der Waals surface area contributed by atoms with Crippen molar-refractivity contribution in [3.05, 3.63) is 29.8 Å². The maximum atomic E-state index is 11.4. The molecule has 0 bridgehead atoms. The molecule has 0 aliphatic heterocycles. The molecule has 2 rings (SSSR count). The quantitative estimate of drug-likeness (QED) is 0.878. The van der Waals surface area contributed by atoms with Crippen molar-refractivity contribution in [1.82, 2.24) is 0 Å². The van der Waals surface area contributed by atoms with Gasteiger partial charge >= 0.3 is 0 Å². The molecular formula is C16H25NO3S. The minimum absolute atomic E-state index is 0.0179. The Bertz CT molecular complexity index is 558. The minimum Gasteiger partial charge on any atom is -0.493 e. The van der Waals surface area contributed by atoms with Crippen molar-refractivity contribution in [2.45, 2.75) is 45.4 Å². The third kappa shape index (κ3) is 4.71. The van der Waals surface area contributed by atoms with Crippen LogP contribution in [0.2, 0.25) is 0 Å². The van der Waals surface area contributed by atoms with Crippen molar-refractivity contribution in [3.8, 4) is 5.75 Å². The molecule has 0 atom stereocenters. The predicted octanol–water partition coefficient (Wildman–Crippen LogP) is 3.04. The van der Waals surface area contributed by atoms with Crippen LogP contribution in [-0.4, -0.2) is 20.8 Å². The van der Waals surface area contributed by atoms with Crippen LogP contribution < -0.4 is 9.88 Å². The summed E-state index contributed by atoms with van der Waals surface area (Å²) in [5.41, 5.74) is 0.951. The summed E-state index contributed by atoms with van der Waals surface area (Å²) in [4.78, 5) is 0. The van der Waals surface area contributed by atoms with Gasteiger partial charge in [-0.15, -0.1) is 0 Å². The Hall–Kier alpha value is -1.07. The third-order valence-electron chi connectivity index (χ3n) is 4.26. The molecule has 0 spiro atoms. The Morgan fingerprint density at radius 1 is 1.19 bits per heavy atom. The molecule has 1 aliphatic rings. The number of sulfonamides is 1. The molecule has 21 heavy (non-hydrogen) atoms. The average molecular weight is 311 g/mol. The number of hydrogen-bond donors (Lipinski definition) is 1. The van der Waals surface area contributed by atoms with E-state index < -0.39 is 10.0 Å². The van der Waals surface area contributed by atoms with Gasteiger partial charge in [0.1, 0.15) is 5.75 Å². The zero-order valence-corrected chi connectivity index (χ0v) is 13.7. The highest BCUT2D eigenvalue weighted by Gasteiger charge is 2.38. The molecule has 2 N–H and O–H groups in total. The van der Waals surface area contributed by atoms with Crippen molar-refractivity contribution < 1.29 is 13.2 Å². The van der Waals surface area contributed by atoms with Crippen LogP contribution in [0.25, 0.3) is 0 Å². The van der Waals surface area contributed by atoms with Gasteiger partial charge in [-0.3, -0.25) is 0 Å². The van der Waals surface area contributed by atoms with Crippen LogP contribution in [0.4, 0.5) is 0 Å². The largest absolute Gasteiger partial charge is 0.493 e. The van der Waals surface area contributed by atoms with Crippen molar-refractivity contribution in [2.75, 3.05) is 12.4 Å². The maximum absolute atomic E-state index is 11.4. The molecule has 4 nitrogen and oxygen atoms in total. The monoisotopic (exact) mass is 311 g/mol. The summed E-state index contributed by atoms with van der Waals surface area (Å²) in [5.74, 6) is 1.30. The van der Waals surface area contributed by atoms with E-state index in [1.165, 1.54) is 5.56 Å². The van der Waals surface area contributed by atoms with Crippen LogP contribution in [0, 0.1) is 5.41 Å². The summed E-state index contributed by atoms with van der Waals surface area (Å²) < 4.78 is 28.7. The highest BCUT2D eigenvalue weighted by Crippen LogP contribution is 2.39. The number of ether oxygens (including phenoxy) is 1. The minimum atomic E-state index is -3.47. The van der Waals surface area contributed by atoms with Gasteiger partial charge in [0.15, 0.2) is 0 Å². The normalized spacial score (nSPS) is 18.1. The Morgan fingerprint density at radius 2 is 1.76 bits per heavy atom. The first-order chi connectivity index (χ1) is 9.80. The molecule has 1 saturated carbocycles. The highest BCUT2D eigenvalue weighted by molar-refractivity contribution is 7.89. The third-order valence-corrected chi connectivity index (χ3v) is 5.28. The van der Waals surface area contributed by atoms with Crippen LogP contribution in [-0.2, 0) is 10.0 Å². The van der Waals surface area contributed by atoms with E-state index in [2.05, 4.69) is 26.0 Å². The predicted molar refractivity (Wildman–Crippen MR) is 84.9 cm³/mol. The van der Waals surface area contributed by atoms with Crippen molar-refractivity contribution in [1.29, 1.82) is 0 Å². The van der Waals surface area contributed by atoms with Crippen molar-refractivity contribution >= 4 is 10.0 Å². The smallest absolute Gasteiger partial charge is 0.209 e. The molecule has 1 aliphatic carbocycles. The number of primary sulfonamides is 1. The van der Waals surface area contributed by atoms with Crippen LogP contribution in [0.1, 0.15) is 51.0 Å². The molecule has 1 fully saturated rings. The van der Waals surface area contributed by atoms with E-state index in [0.717, 1.165) is 31.4 Å². The van der Waals surface area contributed by atoms with Gasteiger partial charge in [0.05, 0.1) is 12.4 Å². The van der Waals surface area contributed by atoms with Crippen LogP contribution in [0.15, 0.2) is 24.3 Å². The van der Waals surface area contributed by atoms with Crippen molar-refractivity contribution in [3.63, 3.8) is 0 Å². The number of benzene rings is 1. The molecule has 1 aromatic rings. The van der Waals surface area contributed by atoms with Gasteiger partial charge in [-0.1, -0.05) is 38.8 Å². The molecule has 118 valence electrons. The summed E-state index contributed by atoms with van der Waals surface area (Å²) in [7, 11) is -3.47. The summed E-state index contributed by atoms with van der Waals surface area (Å²) in [5, 5.41) is 5.24. The van der Waals surface area contributed by atoms with Crippen LogP contribution >= 0.6 is 0 Å². The highest BCUT2D eigenvalue weighted by atomic mass is 32.2. The van der Waals surface area contributed by atoms with Gasteiger partial charge in [0.2, 0.25) is 10.0 Å². The summed E-state index contributed by atoms with van der Waals surface area (Å²) in [6.45, 7) is 4.72. The SMILES string of the molecule is CC(C)c1ccc(OCC2(CS(N)(=O)=O)CCCC2)cc1. The lowest BCUT2D eigenvalue weighted by atomic mass is 9.90. The molecule has 0 unspecified atom stereocenters. The topological polar surface area (TPSA) is 69.4 Å². The van der Waals surface area contributed by atoms with E-state index in [-0.39, 0.29) is 11.2 Å². The second-order valence-electron chi connectivity index (χ2n) is 6.53. The van der Waals surface area contributed by atoms with E-state index >= 15 is 0 Å². The molecule has 0 amide bonds. The second-order valence-corrected chi connectivity index (χ2v) is 8.14. The Kier molecular flexibility index (Phi) is 4.94. The molecule has 0 saturated heterocycles. The van der Waals surface area contributed by atoms with Gasteiger partial charge < -0.3 is 4.74 Å². The van der Waals surface area contributed by atoms with Crippen LogP contribution in [0.3, 0.4) is 0 Å². The summed E-state index contributed by atoms with van der Waals surface area (Å²) in [6.07, 6.45) is 3.83. The molecule has 0 radical (unpaired) electrons. The summed E-state index contributed by atoms with van der Waals surface area (Å²) >= 11 is 0. The van der Waals surface area contributed by atoms with E-state index in [0.29, 0.717) is 12.5 Å². The van der Waals surface area contributed by atoms with E-state index in [4.69, 9.17) is 9.88 Å². The van der Waals surface area contributed by atoms with Gasteiger partial charge in [-0.2, -0.15) is 0 Å². The zero-order chi connectivity index (χ0) is 15.5. The molecular weight excluding hydrogens is 286 g/mol. The van der Waals surface area contributed by atoms with Gasteiger partial charge in [0.25, 0.3) is 0 Å². The standard InChI is InChI=1S/C16H25NO3S/c1-13(2)14-5-7-15(8-6-14)20-11-16(9-3-4-10-16)12-21(17,18)19/h5-8,13H,3-4,9-12H2,1-2H3,(H2,17,18,19). The van der Waals surface area contributed by atoms with E-state index in [9.17, 15) is 8.42 Å². The van der Waals surface area contributed by atoms with Crippen LogP contribution in [0.5, 0.6) is 5.75 Å². The van der Waals surface area contributed by atoms with Gasteiger partial charge in [0, 0.05) is 5.41 Å². The lowest BCUT2D eigenvalue weighted by Crippen LogP contribution is -2.36. The maximum Gasteiger partial charge on any atom is 0.209 e. The average Bonchev–Trinajstić information content (AvgIpc) is 2.83. The first-order valence-electron chi connectivity index (χ1n) is 7.53. The van der Waals surface area contributed by atoms with Gasteiger partial charge in [-0.25, -0.2) is 13.6 Å². The number of rotatable bonds is 6. The van der Waals surface area contributed by atoms with Gasteiger partial charge in [-0.05, 0) is 36.5 Å². The first kappa shape index (κ1) is 16.3. The zero-order valence-electron chi connectivity index (χ0n) is 12.8. The Labute approximate surface area is 127 Å². The van der Waals surface area contributed by atoms with Crippen molar-refractivity contribution in [2.24, 2.45) is 10.6 Å². The fourth-order valence-corrected chi connectivity index (χ4v) is 4.29. The van der Waals surface area contributed by atoms with E-state index in [1.807, 2.05) is 12.1 Å². The van der Waals surface area contributed by atoms with E-state index in [1.54, 1.807) is 0 Å². The summed E-state index contributed by atoms with van der Waals surface area (Å²) in [6, 6.07) is 8.02. The molecule has 0 aromatic heterocycles. The molecule has 0 heterocycles. The number of hydrogen-bond acceptors (Lipinski definition) is 3. The lowest BCUT2D eigenvalue weighted by molar-refractivity contribution is 0.170. The first-order valence-corrected chi connectivity index (χ1v) is 9.24.